The molecule has 2 rings (SSSR count). The van der Waals surface area contributed by atoms with Crippen molar-refractivity contribution in [2.75, 3.05) is 0 Å². The normalized spacial score (nSPS) is 10.5. The summed E-state index contributed by atoms with van der Waals surface area (Å²) in [5, 5.41) is 3.84. The van der Waals surface area contributed by atoms with E-state index in [4.69, 9.17) is 0 Å². The molecule has 0 spiro atoms. The summed E-state index contributed by atoms with van der Waals surface area (Å²) in [6.07, 6.45) is 0. The monoisotopic (exact) mass is 268 g/mol. The van der Waals surface area contributed by atoms with E-state index in [1.54, 1.807) is 18.3 Å². The Labute approximate surface area is 107 Å². The molecule has 2 heterocycles. The lowest BCUT2D eigenvalue weighted by molar-refractivity contribution is 0.0946. The van der Waals surface area contributed by atoms with E-state index in [0.717, 1.165) is 27.3 Å². The number of thiazole rings is 1. The van der Waals surface area contributed by atoms with Crippen molar-refractivity contribution in [3.8, 4) is 0 Å². The van der Waals surface area contributed by atoms with Crippen LogP contribution in [0.5, 0.6) is 0 Å². The Morgan fingerprint density at radius 2 is 2.00 bits per heavy atom. The van der Waals surface area contributed by atoms with Crippen molar-refractivity contribution < 1.29 is 4.79 Å². The van der Waals surface area contributed by atoms with Crippen molar-refractivity contribution in [3.63, 3.8) is 0 Å². The Morgan fingerprint density at radius 1 is 1.24 bits per heavy atom. The lowest BCUT2D eigenvalue weighted by Crippen LogP contribution is -2.23. The van der Waals surface area contributed by atoms with Gasteiger partial charge in [0.05, 0.1) is 34.7 Å². The van der Waals surface area contributed by atoms with E-state index < -0.39 is 0 Å². The maximum absolute atomic E-state index is 11.8. The first-order valence-electron chi connectivity index (χ1n) is 5.08. The number of hydrogen-bond donors (Lipinski definition) is 1. The van der Waals surface area contributed by atoms with E-state index in [2.05, 4.69) is 19.0 Å². The molecule has 0 radical (unpaired) electrons. The molecular formula is C10H12N4OS2. The first-order chi connectivity index (χ1) is 8.08. The molecule has 17 heavy (non-hydrogen) atoms. The van der Waals surface area contributed by atoms with E-state index in [1.807, 2.05) is 13.8 Å². The van der Waals surface area contributed by atoms with Gasteiger partial charge in [0, 0.05) is 4.88 Å². The standard InChI is InChI=1S/C10H12N4OS2/c1-5-8(16-7(3)12-5)4-11-10(15)9-6(2)13-17-14-9/h4H2,1-3H3,(H,11,15). The molecule has 0 aliphatic heterocycles. The van der Waals surface area contributed by atoms with Gasteiger partial charge in [-0.15, -0.1) is 11.3 Å². The third-order valence-corrected chi connectivity index (χ3v) is 3.97. The number of amides is 1. The summed E-state index contributed by atoms with van der Waals surface area (Å²) in [4.78, 5) is 17.2. The molecule has 2 aromatic rings. The number of carbonyl (C=O) groups excluding carboxylic acids is 1. The highest BCUT2D eigenvalue weighted by molar-refractivity contribution is 7.11. The average Bonchev–Trinajstić information content (AvgIpc) is 2.81. The van der Waals surface area contributed by atoms with Crippen LogP contribution >= 0.6 is 23.1 Å². The minimum Gasteiger partial charge on any atom is -0.346 e. The number of hydrogen-bond acceptors (Lipinski definition) is 6. The van der Waals surface area contributed by atoms with E-state index >= 15 is 0 Å². The van der Waals surface area contributed by atoms with Crippen LogP contribution in [0.15, 0.2) is 0 Å². The maximum atomic E-state index is 11.8. The molecule has 0 saturated heterocycles. The molecule has 0 aliphatic carbocycles. The summed E-state index contributed by atoms with van der Waals surface area (Å²) in [5.41, 5.74) is 2.06. The molecule has 0 saturated carbocycles. The zero-order valence-electron chi connectivity index (χ0n) is 9.77. The molecule has 0 aliphatic rings. The van der Waals surface area contributed by atoms with Crippen LogP contribution in [0.2, 0.25) is 0 Å². The Kier molecular flexibility index (Phi) is 3.49. The van der Waals surface area contributed by atoms with Crippen LogP contribution in [0.3, 0.4) is 0 Å². The second-order valence-corrected chi connectivity index (χ2v) is 5.44. The summed E-state index contributed by atoms with van der Waals surface area (Å²) in [7, 11) is 0. The van der Waals surface area contributed by atoms with Gasteiger partial charge < -0.3 is 5.32 Å². The molecule has 0 atom stereocenters. The fourth-order valence-electron chi connectivity index (χ4n) is 1.42. The summed E-state index contributed by atoms with van der Waals surface area (Å²) in [6.45, 7) is 6.17. The van der Waals surface area contributed by atoms with Gasteiger partial charge in [-0.05, 0) is 20.8 Å². The zero-order chi connectivity index (χ0) is 12.4. The third-order valence-electron chi connectivity index (χ3n) is 2.28. The van der Waals surface area contributed by atoms with Crippen molar-refractivity contribution in [2.24, 2.45) is 0 Å². The van der Waals surface area contributed by atoms with Crippen molar-refractivity contribution in [1.82, 2.24) is 19.0 Å². The second-order valence-electron chi connectivity index (χ2n) is 3.62. The molecule has 0 unspecified atom stereocenters. The Bertz CT molecular complexity index is 546. The molecule has 0 bridgehead atoms. The minimum atomic E-state index is -0.179. The van der Waals surface area contributed by atoms with E-state index in [1.165, 1.54) is 0 Å². The van der Waals surface area contributed by atoms with Gasteiger partial charge in [0.15, 0.2) is 5.69 Å². The highest BCUT2D eigenvalue weighted by atomic mass is 32.1. The average molecular weight is 268 g/mol. The van der Waals surface area contributed by atoms with Crippen molar-refractivity contribution >= 4 is 29.0 Å². The molecule has 1 N–H and O–H groups in total. The number of aromatic nitrogens is 3. The third kappa shape index (κ3) is 2.67. The first kappa shape index (κ1) is 12.1. The van der Waals surface area contributed by atoms with Crippen LogP contribution in [0.1, 0.15) is 31.8 Å². The van der Waals surface area contributed by atoms with E-state index in [-0.39, 0.29) is 5.91 Å². The molecular weight excluding hydrogens is 256 g/mol. The summed E-state index contributed by atoms with van der Waals surface area (Å²) in [6, 6.07) is 0. The van der Waals surface area contributed by atoms with Crippen LogP contribution in [-0.4, -0.2) is 19.6 Å². The largest absolute Gasteiger partial charge is 0.346 e. The number of aryl methyl sites for hydroxylation is 3. The van der Waals surface area contributed by atoms with Gasteiger partial charge in [-0.1, -0.05) is 0 Å². The summed E-state index contributed by atoms with van der Waals surface area (Å²) in [5.74, 6) is -0.179. The quantitative estimate of drug-likeness (QED) is 0.922. The molecule has 5 nitrogen and oxygen atoms in total. The topological polar surface area (TPSA) is 67.8 Å². The van der Waals surface area contributed by atoms with Gasteiger partial charge in [-0.2, -0.15) is 8.75 Å². The lowest BCUT2D eigenvalue weighted by Gasteiger charge is -2.01. The first-order valence-corrected chi connectivity index (χ1v) is 6.63. The van der Waals surface area contributed by atoms with Crippen LogP contribution in [0.25, 0.3) is 0 Å². The van der Waals surface area contributed by atoms with Crippen molar-refractivity contribution in [2.45, 2.75) is 27.3 Å². The zero-order valence-corrected chi connectivity index (χ0v) is 11.4. The number of rotatable bonds is 3. The Morgan fingerprint density at radius 3 is 2.53 bits per heavy atom. The lowest BCUT2D eigenvalue weighted by atomic mass is 10.3. The SMILES string of the molecule is Cc1nc(C)c(CNC(=O)c2nsnc2C)s1. The van der Waals surface area contributed by atoms with Crippen LogP contribution in [0.4, 0.5) is 0 Å². The summed E-state index contributed by atoms with van der Waals surface area (Å²) >= 11 is 2.65. The van der Waals surface area contributed by atoms with Crippen molar-refractivity contribution in [1.29, 1.82) is 0 Å². The minimum absolute atomic E-state index is 0.179. The fourth-order valence-corrected chi connectivity index (χ4v) is 2.84. The predicted molar refractivity (Wildman–Crippen MR) is 67.4 cm³/mol. The number of carbonyl (C=O) groups is 1. The fraction of sp³-hybridized carbons (Fsp3) is 0.400. The molecule has 0 fully saturated rings. The van der Waals surface area contributed by atoms with Gasteiger partial charge in [0.2, 0.25) is 0 Å². The molecule has 1 amide bonds. The van der Waals surface area contributed by atoms with E-state index in [0.29, 0.717) is 17.9 Å². The van der Waals surface area contributed by atoms with Gasteiger partial charge in [0.1, 0.15) is 0 Å². The highest BCUT2D eigenvalue weighted by Crippen LogP contribution is 2.16. The number of nitrogens with zero attached hydrogens (tertiary/aromatic N) is 3. The van der Waals surface area contributed by atoms with Crippen LogP contribution in [-0.2, 0) is 6.54 Å². The van der Waals surface area contributed by atoms with Gasteiger partial charge in [-0.25, -0.2) is 4.98 Å². The molecule has 2 aromatic heterocycles. The Balaban J connectivity index is 2.02. The number of nitrogens with one attached hydrogen (secondary N) is 1. The maximum Gasteiger partial charge on any atom is 0.273 e. The van der Waals surface area contributed by atoms with Gasteiger partial charge >= 0.3 is 0 Å². The summed E-state index contributed by atoms with van der Waals surface area (Å²) < 4.78 is 7.94. The van der Waals surface area contributed by atoms with Crippen LogP contribution in [0, 0.1) is 20.8 Å². The van der Waals surface area contributed by atoms with Crippen molar-refractivity contribution in [3.05, 3.63) is 27.0 Å². The van der Waals surface area contributed by atoms with Crippen LogP contribution < -0.4 is 5.32 Å². The Hall–Kier alpha value is -1.34. The van der Waals surface area contributed by atoms with Gasteiger partial charge in [0.25, 0.3) is 5.91 Å². The predicted octanol–water partition coefficient (Wildman–Crippen LogP) is 1.85. The molecule has 0 aromatic carbocycles. The smallest absolute Gasteiger partial charge is 0.273 e. The molecule has 7 heteroatoms. The second kappa shape index (κ2) is 4.89. The van der Waals surface area contributed by atoms with E-state index in [9.17, 15) is 4.79 Å². The van der Waals surface area contributed by atoms with Gasteiger partial charge in [-0.3, -0.25) is 4.79 Å². The molecule has 90 valence electrons. The highest BCUT2D eigenvalue weighted by Gasteiger charge is 2.14.